The van der Waals surface area contributed by atoms with Crippen molar-refractivity contribution in [2.24, 2.45) is 0 Å². The highest BCUT2D eigenvalue weighted by Gasteiger charge is 2.14. The molecule has 3 nitrogen and oxygen atoms in total. The first kappa shape index (κ1) is 12.0. The molecule has 19 heavy (non-hydrogen) atoms. The van der Waals surface area contributed by atoms with Gasteiger partial charge in [0.15, 0.2) is 5.76 Å². The molecule has 0 saturated carbocycles. The molecule has 3 rings (SSSR count). The van der Waals surface area contributed by atoms with E-state index in [1.807, 2.05) is 54.1 Å². The standard InChI is InChI=1S/C15H13NO2S/c1-11(12-5-3-2-4-6-12)16-9-14(18-15(16)17)13-7-8-19-10-13/h2-11H,1H3. The topological polar surface area (TPSA) is 35.1 Å². The molecule has 0 bridgehead atoms. The molecule has 0 aliphatic rings. The van der Waals surface area contributed by atoms with Crippen LogP contribution in [0.15, 0.2) is 62.6 Å². The highest BCUT2D eigenvalue weighted by molar-refractivity contribution is 7.08. The third kappa shape index (κ3) is 2.27. The van der Waals surface area contributed by atoms with Crippen LogP contribution in [-0.4, -0.2) is 4.57 Å². The summed E-state index contributed by atoms with van der Waals surface area (Å²) in [5, 5.41) is 3.93. The maximum Gasteiger partial charge on any atom is 0.420 e. The number of benzene rings is 1. The second-order valence-corrected chi connectivity index (χ2v) is 5.15. The van der Waals surface area contributed by atoms with E-state index >= 15 is 0 Å². The van der Waals surface area contributed by atoms with Crippen molar-refractivity contribution in [3.05, 3.63) is 69.5 Å². The number of nitrogens with zero attached hydrogens (tertiary/aromatic N) is 1. The highest BCUT2D eigenvalue weighted by Crippen LogP contribution is 2.23. The maximum atomic E-state index is 11.9. The van der Waals surface area contributed by atoms with Crippen LogP contribution in [0, 0.1) is 0 Å². The van der Waals surface area contributed by atoms with Crippen LogP contribution in [0.5, 0.6) is 0 Å². The smallest absolute Gasteiger partial charge is 0.408 e. The Labute approximate surface area is 114 Å². The fourth-order valence-corrected chi connectivity index (χ4v) is 2.70. The second kappa shape index (κ2) is 4.90. The normalized spacial score (nSPS) is 12.5. The van der Waals surface area contributed by atoms with Crippen molar-refractivity contribution in [2.75, 3.05) is 0 Å². The average molecular weight is 271 g/mol. The predicted octanol–water partition coefficient (Wildman–Crippen LogP) is 3.78. The van der Waals surface area contributed by atoms with Crippen molar-refractivity contribution in [1.29, 1.82) is 0 Å². The van der Waals surface area contributed by atoms with Crippen LogP contribution < -0.4 is 5.76 Å². The molecular weight excluding hydrogens is 258 g/mol. The molecule has 3 aromatic rings. The van der Waals surface area contributed by atoms with Crippen LogP contribution in [0.1, 0.15) is 18.5 Å². The van der Waals surface area contributed by atoms with E-state index in [1.165, 1.54) is 0 Å². The van der Waals surface area contributed by atoms with E-state index in [1.54, 1.807) is 22.1 Å². The van der Waals surface area contributed by atoms with E-state index in [2.05, 4.69) is 0 Å². The lowest BCUT2D eigenvalue weighted by Gasteiger charge is -2.11. The molecule has 0 spiro atoms. The number of rotatable bonds is 3. The fraction of sp³-hybridized carbons (Fsp3) is 0.133. The summed E-state index contributed by atoms with van der Waals surface area (Å²) in [5.74, 6) is 0.298. The van der Waals surface area contributed by atoms with Crippen LogP contribution in [0.3, 0.4) is 0 Å². The van der Waals surface area contributed by atoms with E-state index in [0.717, 1.165) is 11.1 Å². The van der Waals surface area contributed by atoms with Gasteiger partial charge in [-0.05, 0) is 23.9 Å². The maximum absolute atomic E-state index is 11.9. The minimum absolute atomic E-state index is 0.0372. The van der Waals surface area contributed by atoms with Crippen LogP contribution in [0.2, 0.25) is 0 Å². The zero-order valence-corrected chi connectivity index (χ0v) is 11.3. The summed E-state index contributed by atoms with van der Waals surface area (Å²) in [7, 11) is 0. The van der Waals surface area contributed by atoms with Gasteiger partial charge < -0.3 is 4.42 Å². The molecule has 0 fully saturated rings. The van der Waals surface area contributed by atoms with Gasteiger partial charge in [-0.1, -0.05) is 30.3 Å². The van der Waals surface area contributed by atoms with Crippen LogP contribution >= 0.6 is 11.3 Å². The minimum atomic E-state index is -0.322. The summed E-state index contributed by atoms with van der Waals surface area (Å²) >= 11 is 1.58. The number of hydrogen-bond acceptors (Lipinski definition) is 3. The molecule has 0 aliphatic heterocycles. The summed E-state index contributed by atoms with van der Waals surface area (Å²) in [6.45, 7) is 1.99. The Bertz CT molecular complexity index is 710. The van der Waals surface area contributed by atoms with Crippen LogP contribution in [0.25, 0.3) is 11.3 Å². The van der Waals surface area contributed by atoms with Gasteiger partial charge in [-0.3, -0.25) is 4.57 Å². The van der Waals surface area contributed by atoms with Crippen molar-refractivity contribution in [3.8, 4) is 11.3 Å². The molecule has 0 radical (unpaired) electrons. The lowest BCUT2D eigenvalue weighted by molar-refractivity contribution is 0.473. The first-order valence-electron chi connectivity index (χ1n) is 6.05. The van der Waals surface area contributed by atoms with Gasteiger partial charge in [0.25, 0.3) is 0 Å². The molecule has 0 aliphatic carbocycles. The van der Waals surface area contributed by atoms with Gasteiger partial charge in [-0.15, -0.1) is 0 Å². The van der Waals surface area contributed by atoms with Gasteiger partial charge in [0, 0.05) is 10.9 Å². The van der Waals surface area contributed by atoms with Crippen molar-refractivity contribution in [2.45, 2.75) is 13.0 Å². The largest absolute Gasteiger partial charge is 0.420 e. The molecule has 2 aromatic heterocycles. The quantitative estimate of drug-likeness (QED) is 0.726. The molecule has 96 valence electrons. The molecule has 1 unspecified atom stereocenters. The molecule has 0 saturated heterocycles. The molecule has 0 N–H and O–H groups in total. The van der Waals surface area contributed by atoms with Gasteiger partial charge in [-0.25, -0.2) is 4.79 Å². The van der Waals surface area contributed by atoms with Gasteiger partial charge >= 0.3 is 5.76 Å². The van der Waals surface area contributed by atoms with E-state index in [4.69, 9.17) is 4.42 Å². The third-order valence-corrected chi connectivity index (χ3v) is 3.85. The fourth-order valence-electron chi connectivity index (χ4n) is 2.05. The number of aromatic nitrogens is 1. The second-order valence-electron chi connectivity index (χ2n) is 4.37. The summed E-state index contributed by atoms with van der Waals surface area (Å²) in [5.41, 5.74) is 2.03. The van der Waals surface area contributed by atoms with Crippen molar-refractivity contribution >= 4 is 11.3 Å². The summed E-state index contributed by atoms with van der Waals surface area (Å²) < 4.78 is 6.94. The lowest BCUT2D eigenvalue weighted by Crippen LogP contribution is -2.18. The van der Waals surface area contributed by atoms with Gasteiger partial charge in [0.1, 0.15) is 0 Å². The Kier molecular flexibility index (Phi) is 3.09. The number of hydrogen-bond donors (Lipinski definition) is 0. The molecular formula is C15H13NO2S. The Morgan fingerprint density at radius 2 is 2.00 bits per heavy atom. The first-order chi connectivity index (χ1) is 9.25. The average Bonchev–Trinajstić information content (AvgIpc) is 3.08. The Balaban J connectivity index is 2.00. The van der Waals surface area contributed by atoms with Gasteiger partial charge in [-0.2, -0.15) is 11.3 Å². The predicted molar refractivity (Wildman–Crippen MR) is 76.5 cm³/mol. The zero-order valence-electron chi connectivity index (χ0n) is 10.4. The SMILES string of the molecule is CC(c1ccccc1)n1cc(-c2ccsc2)oc1=O. The van der Waals surface area contributed by atoms with Crippen molar-refractivity contribution in [3.63, 3.8) is 0 Å². The van der Waals surface area contributed by atoms with Crippen molar-refractivity contribution < 1.29 is 4.42 Å². The van der Waals surface area contributed by atoms with Crippen LogP contribution in [-0.2, 0) is 0 Å². The van der Waals surface area contributed by atoms with E-state index in [-0.39, 0.29) is 11.8 Å². The Morgan fingerprint density at radius 1 is 1.21 bits per heavy atom. The molecule has 1 atom stereocenters. The van der Waals surface area contributed by atoms with E-state index < -0.39 is 0 Å². The monoisotopic (exact) mass is 271 g/mol. The van der Waals surface area contributed by atoms with E-state index in [0.29, 0.717) is 5.76 Å². The molecule has 1 aromatic carbocycles. The van der Waals surface area contributed by atoms with Crippen LogP contribution in [0.4, 0.5) is 0 Å². The Hall–Kier alpha value is -2.07. The molecule has 0 amide bonds. The van der Waals surface area contributed by atoms with E-state index in [9.17, 15) is 4.79 Å². The van der Waals surface area contributed by atoms with Gasteiger partial charge in [0.2, 0.25) is 0 Å². The summed E-state index contributed by atoms with van der Waals surface area (Å²) in [6, 6.07) is 11.8. The third-order valence-electron chi connectivity index (χ3n) is 3.17. The molecule has 2 heterocycles. The molecule has 4 heteroatoms. The minimum Gasteiger partial charge on any atom is -0.408 e. The zero-order chi connectivity index (χ0) is 13.2. The Morgan fingerprint density at radius 3 is 2.68 bits per heavy atom. The first-order valence-corrected chi connectivity index (χ1v) is 6.99. The number of oxazole rings is 1. The van der Waals surface area contributed by atoms with Gasteiger partial charge in [0.05, 0.1) is 12.2 Å². The highest BCUT2D eigenvalue weighted by atomic mass is 32.1. The summed E-state index contributed by atoms with van der Waals surface area (Å²) in [6.07, 6.45) is 1.78. The van der Waals surface area contributed by atoms with Crippen molar-refractivity contribution in [1.82, 2.24) is 4.57 Å². The summed E-state index contributed by atoms with van der Waals surface area (Å²) in [4.78, 5) is 11.9. The lowest BCUT2D eigenvalue weighted by atomic mass is 10.1. The number of thiophene rings is 1.